The van der Waals surface area contributed by atoms with E-state index in [-0.39, 0.29) is 28.1 Å². The van der Waals surface area contributed by atoms with E-state index in [2.05, 4.69) is 40.7 Å². The van der Waals surface area contributed by atoms with Crippen LogP contribution in [0.15, 0.2) is 11.6 Å². The van der Waals surface area contributed by atoms with Crippen molar-refractivity contribution in [2.75, 3.05) is 6.61 Å². The summed E-state index contributed by atoms with van der Waals surface area (Å²) in [5.74, 6) is -0.666. The third-order valence-electron chi connectivity index (χ3n) is 15.3. The van der Waals surface area contributed by atoms with Gasteiger partial charge in [0, 0.05) is 5.92 Å². The zero-order valence-corrected chi connectivity index (χ0v) is 28.6. The number of ether oxygens (including phenoxy) is 2. The molecule has 0 spiro atoms. The first-order valence-corrected chi connectivity index (χ1v) is 17.5. The molecule has 4 saturated carbocycles. The summed E-state index contributed by atoms with van der Waals surface area (Å²) >= 11 is 0. The fourth-order valence-corrected chi connectivity index (χ4v) is 12.1. The zero-order chi connectivity index (χ0) is 34.0. The van der Waals surface area contributed by atoms with Crippen molar-refractivity contribution < 1.29 is 50.0 Å². The zero-order valence-electron chi connectivity index (χ0n) is 28.6. The molecule has 5 aliphatic carbocycles. The highest BCUT2D eigenvalue weighted by Gasteiger charge is 2.71. The molecule has 1 aliphatic heterocycles. The van der Waals surface area contributed by atoms with Gasteiger partial charge in [-0.15, -0.1) is 0 Å². The molecule has 7 N–H and O–H groups in total. The monoisotopic (exact) mass is 650 g/mol. The van der Waals surface area contributed by atoms with Crippen LogP contribution in [0.2, 0.25) is 0 Å². The van der Waals surface area contributed by atoms with Gasteiger partial charge in [-0.05, 0) is 90.3 Å². The maximum atomic E-state index is 14.4. The van der Waals surface area contributed by atoms with Gasteiger partial charge in [0.2, 0.25) is 6.29 Å². The molecule has 6 aliphatic rings. The molecule has 0 bridgehead atoms. The summed E-state index contributed by atoms with van der Waals surface area (Å²) in [6.45, 7) is 14.6. The van der Waals surface area contributed by atoms with Crippen LogP contribution in [0.3, 0.4) is 0 Å². The van der Waals surface area contributed by atoms with Crippen LogP contribution >= 0.6 is 0 Å². The number of rotatable bonds is 3. The molecule has 0 aromatic carbocycles. The van der Waals surface area contributed by atoms with Crippen molar-refractivity contribution >= 4 is 5.97 Å². The van der Waals surface area contributed by atoms with E-state index in [9.17, 15) is 40.5 Å². The number of aliphatic hydroxyl groups excluding tert-OH is 7. The van der Waals surface area contributed by atoms with E-state index in [4.69, 9.17) is 9.47 Å². The second kappa shape index (κ2) is 10.9. The molecule has 10 heteroatoms. The van der Waals surface area contributed by atoms with Crippen LogP contribution < -0.4 is 0 Å². The fraction of sp³-hybridized carbons (Fsp3) is 0.917. The van der Waals surface area contributed by atoms with E-state index in [1.165, 1.54) is 0 Å². The Bertz CT molecular complexity index is 1250. The van der Waals surface area contributed by atoms with Crippen molar-refractivity contribution in [1.82, 2.24) is 0 Å². The number of hydrogen-bond acceptors (Lipinski definition) is 10. The number of aliphatic hydroxyl groups is 7. The normalized spacial score (nSPS) is 54.3. The fourth-order valence-electron chi connectivity index (χ4n) is 12.1. The lowest BCUT2D eigenvalue weighted by molar-refractivity contribution is -0.298. The summed E-state index contributed by atoms with van der Waals surface area (Å²) in [5, 5.41) is 75.3. The van der Waals surface area contributed by atoms with E-state index in [0.717, 1.165) is 24.8 Å². The van der Waals surface area contributed by atoms with E-state index >= 15 is 0 Å². The van der Waals surface area contributed by atoms with Crippen LogP contribution in [0.5, 0.6) is 0 Å². The minimum absolute atomic E-state index is 0.185. The molecule has 0 amide bonds. The Morgan fingerprint density at radius 2 is 1.50 bits per heavy atom. The summed E-state index contributed by atoms with van der Waals surface area (Å²) in [6.07, 6.45) is -2.48. The van der Waals surface area contributed by atoms with Crippen LogP contribution in [0, 0.1) is 50.2 Å². The largest absolute Gasteiger partial charge is 0.432 e. The van der Waals surface area contributed by atoms with Crippen molar-refractivity contribution in [3.8, 4) is 0 Å². The van der Waals surface area contributed by atoms with Gasteiger partial charge in [-0.25, -0.2) is 0 Å². The lowest BCUT2D eigenvalue weighted by Crippen LogP contribution is -2.68. The average molecular weight is 651 g/mol. The van der Waals surface area contributed by atoms with E-state index in [0.29, 0.717) is 32.1 Å². The molecular weight excluding hydrogens is 592 g/mol. The average Bonchev–Trinajstić information content (AvgIpc) is 2.98. The summed E-state index contributed by atoms with van der Waals surface area (Å²) in [6, 6.07) is 0. The summed E-state index contributed by atoms with van der Waals surface area (Å²) in [7, 11) is 0. The molecule has 15 atom stereocenters. The molecule has 0 aromatic heterocycles. The molecule has 1 heterocycles. The second-order valence-electron chi connectivity index (χ2n) is 18.0. The van der Waals surface area contributed by atoms with Gasteiger partial charge in [0.15, 0.2) is 0 Å². The summed E-state index contributed by atoms with van der Waals surface area (Å²) in [4.78, 5) is 14.4. The maximum absolute atomic E-state index is 14.4. The Labute approximate surface area is 273 Å². The van der Waals surface area contributed by atoms with Crippen molar-refractivity contribution in [3.63, 3.8) is 0 Å². The first kappa shape index (κ1) is 34.7. The standard InChI is InChI=1S/C36H58O10/c1-31(2)12-14-36(30(44)46-29-26(41)25(40)24(39)20(17-37)45-29)15-13-34(6)18(23(36)28(31)43)8-9-22-33(5)16-19(38)27(42)32(3,4)21(33)10-11-35(22,34)7/h8,19-29,37-43H,9-17H2,1-7H3/t19-,20-,21+,22-,23-,24-,25+,26-,27+,28-,29+,33+,34-,35-,36+/m1/s1. The smallest absolute Gasteiger partial charge is 0.315 e. The molecule has 0 aromatic rings. The van der Waals surface area contributed by atoms with E-state index < -0.39 is 83.8 Å². The Kier molecular flexibility index (Phi) is 8.27. The second-order valence-corrected chi connectivity index (χ2v) is 18.0. The van der Waals surface area contributed by atoms with Gasteiger partial charge in [-0.3, -0.25) is 4.79 Å². The van der Waals surface area contributed by atoms with Crippen LogP contribution in [0.25, 0.3) is 0 Å². The molecule has 5 fully saturated rings. The van der Waals surface area contributed by atoms with Gasteiger partial charge in [-0.1, -0.05) is 60.1 Å². The number of esters is 1. The third-order valence-corrected chi connectivity index (χ3v) is 15.3. The SMILES string of the molecule is CC1(C)CC[C@]2(C(=O)O[C@@H]3O[C@H](CO)[C@@H](O)[C@H](O)[C@H]3O)CC[C@]3(C)C(=CC[C@@H]4[C@@]5(C)C[C@@H](O)[C@H](O)C(C)(C)[C@@H]5CC[C@]43C)[C@@H]2[C@H]1O. The Balaban J connectivity index is 1.39. The number of carbonyl (C=O) groups is 1. The molecule has 0 unspecified atom stereocenters. The molecule has 46 heavy (non-hydrogen) atoms. The number of fused-ring (bicyclic) bond motifs is 7. The topological polar surface area (TPSA) is 177 Å². The number of carbonyl (C=O) groups excluding carboxylic acids is 1. The Morgan fingerprint density at radius 1 is 0.848 bits per heavy atom. The Hall–Kier alpha value is -1.11. The van der Waals surface area contributed by atoms with Gasteiger partial charge < -0.3 is 45.2 Å². The third kappa shape index (κ3) is 4.46. The highest BCUT2D eigenvalue weighted by molar-refractivity contribution is 5.79. The molecule has 0 radical (unpaired) electrons. The highest BCUT2D eigenvalue weighted by Crippen LogP contribution is 2.75. The van der Waals surface area contributed by atoms with Gasteiger partial charge in [0.05, 0.1) is 30.3 Å². The van der Waals surface area contributed by atoms with Gasteiger partial charge in [-0.2, -0.15) is 0 Å². The number of allylic oxidation sites excluding steroid dienone is 1. The Morgan fingerprint density at radius 3 is 2.15 bits per heavy atom. The van der Waals surface area contributed by atoms with Gasteiger partial charge in [0.25, 0.3) is 0 Å². The molecule has 6 rings (SSSR count). The first-order valence-electron chi connectivity index (χ1n) is 17.5. The predicted octanol–water partition coefficient (Wildman–Crippen LogP) is 2.43. The van der Waals surface area contributed by atoms with Crippen LogP contribution in [0.1, 0.15) is 99.8 Å². The van der Waals surface area contributed by atoms with Crippen molar-refractivity contribution in [2.24, 2.45) is 50.2 Å². The van der Waals surface area contributed by atoms with Gasteiger partial charge >= 0.3 is 5.97 Å². The van der Waals surface area contributed by atoms with Crippen molar-refractivity contribution in [3.05, 3.63) is 11.6 Å². The maximum Gasteiger partial charge on any atom is 0.315 e. The molecule has 10 nitrogen and oxygen atoms in total. The predicted molar refractivity (Wildman–Crippen MR) is 168 cm³/mol. The minimum atomic E-state index is -1.70. The lowest BCUT2D eigenvalue weighted by Gasteiger charge is -2.71. The van der Waals surface area contributed by atoms with Crippen LogP contribution in [0.4, 0.5) is 0 Å². The lowest BCUT2D eigenvalue weighted by atomic mass is 9.33. The summed E-state index contributed by atoms with van der Waals surface area (Å²) in [5.41, 5.74) is -1.64. The van der Waals surface area contributed by atoms with E-state index in [1.807, 2.05) is 13.8 Å². The minimum Gasteiger partial charge on any atom is -0.432 e. The molecule has 262 valence electrons. The number of hydrogen-bond donors (Lipinski definition) is 7. The van der Waals surface area contributed by atoms with Crippen molar-refractivity contribution in [2.45, 2.75) is 149 Å². The highest BCUT2D eigenvalue weighted by atomic mass is 16.7. The molecular formula is C36H58O10. The van der Waals surface area contributed by atoms with Crippen LogP contribution in [-0.4, -0.2) is 97.3 Å². The van der Waals surface area contributed by atoms with Crippen molar-refractivity contribution in [1.29, 1.82) is 0 Å². The quantitative estimate of drug-likeness (QED) is 0.177. The van der Waals surface area contributed by atoms with Gasteiger partial charge in [0.1, 0.15) is 24.4 Å². The first-order chi connectivity index (χ1) is 21.2. The molecule has 1 saturated heterocycles. The van der Waals surface area contributed by atoms with Crippen LogP contribution in [-0.2, 0) is 14.3 Å². The summed E-state index contributed by atoms with van der Waals surface area (Å²) < 4.78 is 11.4. The van der Waals surface area contributed by atoms with E-state index in [1.54, 1.807) is 0 Å².